The average molecular weight is 384 g/mol. The van der Waals surface area contributed by atoms with E-state index in [-0.39, 0.29) is 11.1 Å². The zero-order valence-electron chi connectivity index (χ0n) is 15.1. The fourth-order valence-corrected chi connectivity index (χ4v) is 7.34. The maximum absolute atomic E-state index is 12.8. The van der Waals surface area contributed by atoms with Gasteiger partial charge in [-0.1, -0.05) is 11.6 Å². The van der Waals surface area contributed by atoms with Gasteiger partial charge in [0.1, 0.15) is 0 Å². The molecule has 4 saturated carbocycles. The molecular weight excluding hydrogens is 362 g/mol. The largest absolute Gasteiger partial charge is 0.351 e. The fourth-order valence-electron chi connectivity index (χ4n) is 7.12. The summed E-state index contributed by atoms with van der Waals surface area (Å²) in [5.41, 5.74) is 1.33. The number of hydrogen-bond donors (Lipinski definition) is 1. The molecule has 4 fully saturated rings. The summed E-state index contributed by atoms with van der Waals surface area (Å²) in [6.07, 6.45) is 13.1. The van der Waals surface area contributed by atoms with Gasteiger partial charge in [-0.05, 0) is 73.2 Å². The molecule has 6 rings (SSSR count). The molecule has 1 spiro atoms. The van der Waals surface area contributed by atoms with Crippen molar-refractivity contribution in [1.82, 2.24) is 25.1 Å². The zero-order valence-corrected chi connectivity index (χ0v) is 15.8. The van der Waals surface area contributed by atoms with Crippen molar-refractivity contribution >= 4 is 17.5 Å². The summed E-state index contributed by atoms with van der Waals surface area (Å²) in [6, 6.07) is 1.73. The van der Waals surface area contributed by atoms with Crippen molar-refractivity contribution < 1.29 is 4.79 Å². The molecule has 2 heterocycles. The Labute approximate surface area is 162 Å². The average Bonchev–Trinajstić information content (AvgIpc) is 3.21. The third-order valence-corrected chi connectivity index (χ3v) is 8.16. The lowest BCUT2D eigenvalue weighted by atomic mass is 9.55. The van der Waals surface area contributed by atoms with E-state index in [2.05, 4.69) is 20.4 Å². The van der Waals surface area contributed by atoms with Crippen molar-refractivity contribution in [1.29, 1.82) is 0 Å². The van der Waals surface area contributed by atoms with Crippen molar-refractivity contribution in [3.05, 3.63) is 35.4 Å². The number of hydrogen-bond acceptors (Lipinski definition) is 4. The van der Waals surface area contributed by atoms with E-state index in [4.69, 9.17) is 11.6 Å². The predicted octanol–water partition coefficient (Wildman–Crippen LogP) is 3.26. The zero-order chi connectivity index (χ0) is 18.2. The highest BCUT2D eigenvalue weighted by Gasteiger charge is 2.70. The number of rotatable bonds is 4. The highest BCUT2D eigenvalue weighted by Crippen LogP contribution is 2.78. The van der Waals surface area contributed by atoms with Crippen LogP contribution in [0.2, 0.25) is 5.15 Å². The maximum Gasteiger partial charge on any atom is 0.256 e. The molecule has 7 heteroatoms. The van der Waals surface area contributed by atoms with Crippen molar-refractivity contribution in [2.24, 2.45) is 28.6 Å². The summed E-state index contributed by atoms with van der Waals surface area (Å²) in [5, 5.41) is 7.56. The van der Waals surface area contributed by atoms with Crippen LogP contribution in [-0.2, 0) is 0 Å². The van der Waals surface area contributed by atoms with Gasteiger partial charge in [0.05, 0.1) is 5.56 Å². The monoisotopic (exact) mass is 383 g/mol. The molecule has 6 nitrogen and oxygen atoms in total. The lowest BCUT2D eigenvalue weighted by Crippen LogP contribution is -2.43. The van der Waals surface area contributed by atoms with Crippen LogP contribution in [0.25, 0.3) is 5.95 Å². The van der Waals surface area contributed by atoms with E-state index >= 15 is 0 Å². The molecule has 0 saturated heterocycles. The van der Waals surface area contributed by atoms with Gasteiger partial charge < -0.3 is 5.32 Å². The van der Waals surface area contributed by atoms with Gasteiger partial charge in [0.25, 0.3) is 5.91 Å². The van der Waals surface area contributed by atoms with Crippen LogP contribution in [-0.4, -0.2) is 32.2 Å². The minimum atomic E-state index is -0.150. The molecule has 4 aliphatic rings. The van der Waals surface area contributed by atoms with Crippen molar-refractivity contribution in [2.45, 2.75) is 38.5 Å². The minimum absolute atomic E-state index is 0.150. The molecule has 2 aromatic heterocycles. The molecular formula is C20H22ClN5O. The smallest absolute Gasteiger partial charge is 0.256 e. The summed E-state index contributed by atoms with van der Waals surface area (Å²) >= 11 is 6.22. The van der Waals surface area contributed by atoms with Crippen LogP contribution >= 0.6 is 11.6 Å². The van der Waals surface area contributed by atoms with E-state index < -0.39 is 0 Å². The Morgan fingerprint density at radius 1 is 1.22 bits per heavy atom. The Morgan fingerprint density at radius 2 is 2.07 bits per heavy atom. The molecule has 140 valence electrons. The van der Waals surface area contributed by atoms with E-state index in [1.54, 1.807) is 24.7 Å². The van der Waals surface area contributed by atoms with E-state index in [0.717, 1.165) is 24.3 Å². The molecule has 0 aliphatic heterocycles. The van der Waals surface area contributed by atoms with Gasteiger partial charge in [-0.2, -0.15) is 5.10 Å². The maximum atomic E-state index is 12.8. The summed E-state index contributed by atoms with van der Waals surface area (Å²) in [5.74, 6) is 3.02. The molecule has 2 aromatic rings. The Bertz CT molecular complexity index is 926. The Hall–Kier alpha value is -1.95. The molecule has 27 heavy (non-hydrogen) atoms. The molecule has 1 N–H and O–H groups in total. The first-order valence-electron chi connectivity index (χ1n) is 9.88. The lowest BCUT2D eigenvalue weighted by Gasteiger charge is -2.49. The first-order valence-corrected chi connectivity index (χ1v) is 10.3. The standard InChI is InChI=1S/C20H22ClN5O/c21-16-15(9-26(25-16)18-22-2-1-3-23-18)17(27)24-11-19-6-12-4-13-5-14(8-19)20(13,7-12)10-19/h1-3,9,12-14H,4-8,10-11H2,(H,24,27). The fraction of sp³-hybridized carbons (Fsp3) is 0.600. The summed E-state index contributed by atoms with van der Waals surface area (Å²) in [6.45, 7) is 0.761. The summed E-state index contributed by atoms with van der Waals surface area (Å²) < 4.78 is 1.45. The highest BCUT2D eigenvalue weighted by molar-refractivity contribution is 6.32. The third-order valence-electron chi connectivity index (χ3n) is 7.88. The molecule has 0 aromatic carbocycles. The van der Waals surface area contributed by atoms with Gasteiger partial charge in [-0.3, -0.25) is 4.79 Å². The molecule has 1 amide bonds. The van der Waals surface area contributed by atoms with Gasteiger partial charge in [0, 0.05) is 25.1 Å². The quantitative estimate of drug-likeness (QED) is 0.879. The number of nitrogens with zero attached hydrogens (tertiary/aromatic N) is 4. The van der Waals surface area contributed by atoms with Crippen molar-refractivity contribution in [3.63, 3.8) is 0 Å². The molecule has 5 unspecified atom stereocenters. The molecule has 5 atom stereocenters. The summed E-state index contributed by atoms with van der Waals surface area (Å²) in [4.78, 5) is 21.1. The van der Waals surface area contributed by atoms with Crippen molar-refractivity contribution in [2.75, 3.05) is 6.54 Å². The Balaban J connectivity index is 1.19. The number of aromatic nitrogens is 4. The first kappa shape index (κ1) is 16.0. The second kappa shape index (κ2) is 5.31. The Morgan fingerprint density at radius 3 is 2.93 bits per heavy atom. The topological polar surface area (TPSA) is 72.7 Å². The molecule has 3 bridgehead atoms. The van der Waals surface area contributed by atoms with E-state index in [1.807, 2.05) is 0 Å². The van der Waals surface area contributed by atoms with Crippen LogP contribution in [0.5, 0.6) is 0 Å². The second-order valence-electron chi connectivity index (χ2n) is 9.26. The molecule has 4 aliphatic carbocycles. The third kappa shape index (κ3) is 2.19. The number of amides is 1. The van der Waals surface area contributed by atoms with Crippen LogP contribution in [0, 0.1) is 28.6 Å². The molecule has 0 radical (unpaired) electrons. The Kier molecular flexibility index (Phi) is 3.16. The number of nitrogens with one attached hydrogen (secondary N) is 1. The second-order valence-corrected chi connectivity index (χ2v) is 9.62. The predicted molar refractivity (Wildman–Crippen MR) is 99.5 cm³/mol. The van der Waals surface area contributed by atoms with Crippen LogP contribution < -0.4 is 5.32 Å². The SMILES string of the molecule is O=C(NCC12CC3CC4CC(C1)C4(C3)C2)c1cn(-c2ncccn2)nc1Cl. The van der Waals surface area contributed by atoms with Gasteiger partial charge in [-0.15, -0.1) is 0 Å². The first-order chi connectivity index (χ1) is 13.1. The van der Waals surface area contributed by atoms with Gasteiger partial charge in [0.2, 0.25) is 5.95 Å². The highest BCUT2D eigenvalue weighted by atomic mass is 35.5. The van der Waals surface area contributed by atoms with E-state index in [1.165, 1.54) is 43.2 Å². The lowest BCUT2D eigenvalue weighted by molar-refractivity contribution is -0.00253. The normalized spacial score (nSPS) is 37.9. The van der Waals surface area contributed by atoms with Crippen LogP contribution in [0.4, 0.5) is 0 Å². The summed E-state index contributed by atoms with van der Waals surface area (Å²) in [7, 11) is 0. The van der Waals surface area contributed by atoms with Gasteiger partial charge >= 0.3 is 0 Å². The number of halogens is 1. The van der Waals surface area contributed by atoms with Crippen molar-refractivity contribution in [3.8, 4) is 5.95 Å². The minimum Gasteiger partial charge on any atom is -0.351 e. The van der Waals surface area contributed by atoms with Gasteiger partial charge in [0.15, 0.2) is 5.15 Å². The van der Waals surface area contributed by atoms with Crippen LogP contribution in [0.15, 0.2) is 24.7 Å². The van der Waals surface area contributed by atoms with Crippen LogP contribution in [0.1, 0.15) is 48.9 Å². The van der Waals surface area contributed by atoms with Crippen LogP contribution in [0.3, 0.4) is 0 Å². The van der Waals surface area contributed by atoms with E-state index in [0.29, 0.717) is 22.3 Å². The number of fused-ring (bicyclic) bond motifs is 2. The van der Waals surface area contributed by atoms with Gasteiger partial charge in [-0.25, -0.2) is 14.6 Å². The van der Waals surface area contributed by atoms with E-state index in [9.17, 15) is 4.79 Å². The number of carbonyl (C=O) groups is 1. The number of carbonyl (C=O) groups excluding carboxylic acids is 1.